The Morgan fingerprint density at radius 3 is 2.57 bits per heavy atom. The minimum Gasteiger partial charge on any atom is -0.495 e. The van der Waals surface area contributed by atoms with Crippen molar-refractivity contribution >= 4 is 28.7 Å². The molecule has 0 saturated heterocycles. The number of nitro groups is 1. The molecule has 0 atom stereocenters. The van der Waals surface area contributed by atoms with Gasteiger partial charge in [-0.25, -0.2) is 0 Å². The highest BCUT2D eigenvalue weighted by atomic mass is 35.5. The van der Waals surface area contributed by atoms with Gasteiger partial charge in [-0.05, 0) is 23.8 Å². The van der Waals surface area contributed by atoms with Crippen molar-refractivity contribution in [2.75, 3.05) is 19.1 Å². The lowest BCUT2D eigenvalue weighted by atomic mass is 10.1. The Labute approximate surface area is 127 Å². The third-order valence-electron chi connectivity index (χ3n) is 3.23. The zero-order valence-electron chi connectivity index (χ0n) is 11.7. The van der Waals surface area contributed by atoms with Crippen LogP contribution in [0.5, 0.6) is 5.75 Å². The lowest BCUT2D eigenvalue weighted by Gasteiger charge is -2.23. The maximum Gasteiger partial charge on any atom is 0.269 e. The van der Waals surface area contributed by atoms with Gasteiger partial charge in [0.05, 0.1) is 17.7 Å². The Morgan fingerprint density at radius 1 is 1.24 bits per heavy atom. The third kappa shape index (κ3) is 3.08. The van der Waals surface area contributed by atoms with Crippen molar-refractivity contribution in [2.24, 2.45) is 0 Å². The molecule has 2 rings (SSSR count). The number of anilines is 2. The summed E-state index contributed by atoms with van der Waals surface area (Å²) in [6.07, 6.45) is 0. The van der Waals surface area contributed by atoms with Crippen molar-refractivity contribution in [1.29, 1.82) is 0 Å². The van der Waals surface area contributed by atoms with E-state index in [4.69, 9.17) is 16.3 Å². The summed E-state index contributed by atoms with van der Waals surface area (Å²) in [5.74, 6) is 0.912. The fraction of sp³-hybridized carbons (Fsp3) is 0.200. The largest absolute Gasteiger partial charge is 0.495 e. The molecule has 110 valence electrons. The zero-order chi connectivity index (χ0) is 15.4. The zero-order valence-corrected chi connectivity index (χ0v) is 12.5. The van der Waals surface area contributed by atoms with Crippen molar-refractivity contribution in [1.82, 2.24) is 0 Å². The highest BCUT2D eigenvalue weighted by Gasteiger charge is 2.16. The van der Waals surface area contributed by atoms with E-state index < -0.39 is 4.92 Å². The Morgan fingerprint density at radius 2 is 1.95 bits per heavy atom. The van der Waals surface area contributed by atoms with Gasteiger partial charge in [-0.15, -0.1) is 11.6 Å². The van der Waals surface area contributed by atoms with Crippen LogP contribution < -0.4 is 9.64 Å². The topological polar surface area (TPSA) is 55.6 Å². The summed E-state index contributed by atoms with van der Waals surface area (Å²) in [5.41, 5.74) is 2.39. The van der Waals surface area contributed by atoms with Crippen LogP contribution in [-0.2, 0) is 5.88 Å². The van der Waals surface area contributed by atoms with E-state index in [0.717, 1.165) is 17.1 Å². The first-order valence-electron chi connectivity index (χ1n) is 6.28. The molecule has 2 aromatic carbocycles. The average Bonchev–Trinajstić information content (AvgIpc) is 2.53. The van der Waals surface area contributed by atoms with E-state index in [1.54, 1.807) is 13.2 Å². The number of rotatable bonds is 5. The van der Waals surface area contributed by atoms with E-state index in [-0.39, 0.29) is 11.6 Å². The smallest absolute Gasteiger partial charge is 0.269 e. The van der Waals surface area contributed by atoms with Gasteiger partial charge in [0.25, 0.3) is 5.69 Å². The first kappa shape index (κ1) is 15.1. The fourth-order valence-corrected chi connectivity index (χ4v) is 2.37. The van der Waals surface area contributed by atoms with E-state index in [1.165, 1.54) is 12.1 Å². The predicted octanol–water partition coefficient (Wildman–Crippen LogP) is 4.11. The van der Waals surface area contributed by atoms with E-state index in [9.17, 15) is 10.1 Å². The summed E-state index contributed by atoms with van der Waals surface area (Å²) < 4.78 is 5.34. The lowest BCUT2D eigenvalue weighted by molar-refractivity contribution is -0.384. The predicted molar refractivity (Wildman–Crippen MR) is 83.7 cm³/mol. The molecular weight excluding hydrogens is 292 g/mol. The summed E-state index contributed by atoms with van der Waals surface area (Å²) in [6.45, 7) is 0. The van der Waals surface area contributed by atoms with Gasteiger partial charge in [-0.1, -0.05) is 12.1 Å². The SMILES string of the molecule is COc1ccccc1N(C)c1ccc([N+](=O)[O-])cc1CCl. The van der Waals surface area contributed by atoms with Crippen molar-refractivity contribution in [3.8, 4) is 5.75 Å². The van der Waals surface area contributed by atoms with Crippen molar-refractivity contribution in [3.63, 3.8) is 0 Å². The number of nitro benzene ring substituents is 1. The first-order chi connectivity index (χ1) is 10.1. The second-order valence-electron chi connectivity index (χ2n) is 4.43. The minimum absolute atomic E-state index is 0.0304. The maximum atomic E-state index is 10.8. The number of hydrogen-bond donors (Lipinski definition) is 0. The van der Waals surface area contributed by atoms with Crippen LogP contribution in [0.3, 0.4) is 0 Å². The molecule has 0 bridgehead atoms. The second kappa shape index (κ2) is 6.45. The van der Waals surface area contributed by atoms with Gasteiger partial charge in [-0.2, -0.15) is 0 Å². The normalized spacial score (nSPS) is 10.2. The molecule has 0 spiro atoms. The van der Waals surface area contributed by atoms with E-state index in [0.29, 0.717) is 5.56 Å². The molecule has 0 aliphatic carbocycles. The van der Waals surface area contributed by atoms with Crippen LogP contribution in [-0.4, -0.2) is 19.1 Å². The Kier molecular flexibility index (Phi) is 4.65. The Balaban J connectivity index is 2.47. The van der Waals surface area contributed by atoms with Crippen LogP contribution in [0.2, 0.25) is 0 Å². The molecule has 0 amide bonds. The number of halogens is 1. The second-order valence-corrected chi connectivity index (χ2v) is 4.70. The number of methoxy groups -OCH3 is 1. The molecule has 0 heterocycles. The van der Waals surface area contributed by atoms with Gasteiger partial charge in [-0.3, -0.25) is 10.1 Å². The van der Waals surface area contributed by atoms with Gasteiger partial charge >= 0.3 is 0 Å². The van der Waals surface area contributed by atoms with Crippen LogP contribution in [0, 0.1) is 10.1 Å². The van der Waals surface area contributed by atoms with Crippen molar-refractivity contribution in [3.05, 3.63) is 58.1 Å². The molecule has 0 unspecified atom stereocenters. The van der Waals surface area contributed by atoms with Crippen LogP contribution in [0.25, 0.3) is 0 Å². The van der Waals surface area contributed by atoms with Gasteiger partial charge in [0, 0.05) is 30.7 Å². The molecule has 5 nitrogen and oxygen atoms in total. The molecular formula is C15H15ClN2O3. The van der Waals surface area contributed by atoms with E-state index in [2.05, 4.69) is 0 Å². The molecule has 2 aromatic rings. The molecule has 0 aliphatic rings. The minimum atomic E-state index is -0.428. The van der Waals surface area contributed by atoms with Gasteiger partial charge in [0.1, 0.15) is 5.75 Å². The number of benzene rings is 2. The van der Waals surface area contributed by atoms with Crippen LogP contribution in [0.15, 0.2) is 42.5 Å². The Hall–Kier alpha value is -2.27. The molecule has 21 heavy (non-hydrogen) atoms. The fourth-order valence-electron chi connectivity index (χ4n) is 2.16. The van der Waals surface area contributed by atoms with E-state index in [1.807, 2.05) is 36.2 Å². The number of ether oxygens (including phenoxy) is 1. The molecule has 0 aromatic heterocycles. The van der Waals surface area contributed by atoms with Crippen LogP contribution in [0.4, 0.5) is 17.1 Å². The number of nitrogens with zero attached hydrogens (tertiary/aromatic N) is 2. The molecule has 0 aliphatic heterocycles. The molecule has 0 N–H and O–H groups in total. The summed E-state index contributed by atoms with van der Waals surface area (Å²) >= 11 is 5.93. The summed E-state index contributed by atoms with van der Waals surface area (Å²) in [6, 6.07) is 12.2. The molecule has 0 saturated carbocycles. The van der Waals surface area contributed by atoms with Crippen molar-refractivity contribution in [2.45, 2.75) is 5.88 Å². The monoisotopic (exact) mass is 306 g/mol. The van der Waals surface area contributed by atoms with Gasteiger partial charge in [0.15, 0.2) is 0 Å². The Bertz CT molecular complexity index is 661. The van der Waals surface area contributed by atoms with Gasteiger partial charge < -0.3 is 9.64 Å². The quantitative estimate of drug-likeness (QED) is 0.474. The van der Waals surface area contributed by atoms with E-state index >= 15 is 0 Å². The van der Waals surface area contributed by atoms with Gasteiger partial charge in [0.2, 0.25) is 0 Å². The average molecular weight is 307 g/mol. The lowest BCUT2D eigenvalue weighted by Crippen LogP contribution is -2.12. The standard InChI is InChI=1S/C15H15ClN2O3/c1-17(14-5-3-4-6-15(14)21-2)13-8-7-12(18(19)20)9-11(13)10-16/h3-9H,10H2,1-2H3. The van der Waals surface area contributed by atoms with Crippen molar-refractivity contribution < 1.29 is 9.66 Å². The molecule has 0 radical (unpaired) electrons. The summed E-state index contributed by atoms with van der Waals surface area (Å²) in [7, 11) is 3.47. The third-order valence-corrected chi connectivity index (χ3v) is 3.51. The summed E-state index contributed by atoms with van der Waals surface area (Å²) in [4.78, 5) is 12.3. The molecule has 0 fully saturated rings. The first-order valence-corrected chi connectivity index (χ1v) is 6.82. The highest BCUT2D eigenvalue weighted by Crippen LogP contribution is 2.35. The number of non-ortho nitro benzene ring substituents is 1. The van der Waals surface area contributed by atoms with Crippen LogP contribution in [0.1, 0.15) is 5.56 Å². The summed E-state index contributed by atoms with van der Waals surface area (Å²) in [5, 5.41) is 10.8. The van der Waals surface area contributed by atoms with Crippen LogP contribution >= 0.6 is 11.6 Å². The number of alkyl halides is 1. The number of para-hydroxylation sites is 2. The number of hydrogen-bond acceptors (Lipinski definition) is 4. The highest BCUT2D eigenvalue weighted by molar-refractivity contribution is 6.17. The molecule has 6 heteroatoms. The maximum absolute atomic E-state index is 10.8.